The Balaban J connectivity index is 1.53. The Labute approximate surface area is 155 Å². The molecule has 0 fully saturated rings. The highest BCUT2D eigenvalue weighted by atomic mass is 16.1. The number of pyridine rings is 1. The van der Waals surface area contributed by atoms with Gasteiger partial charge in [0.05, 0.1) is 16.9 Å². The SMILES string of the molecule is O=C(Nc1ccccc1-c1cn2ccccc2n1)c1c[nH]c2ccccc12. The van der Waals surface area contributed by atoms with Gasteiger partial charge in [0.2, 0.25) is 0 Å². The van der Waals surface area contributed by atoms with Crippen molar-refractivity contribution in [2.24, 2.45) is 0 Å². The molecule has 0 saturated carbocycles. The second-order valence-corrected chi connectivity index (χ2v) is 6.34. The van der Waals surface area contributed by atoms with E-state index < -0.39 is 0 Å². The molecule has 0 aliphatic rings. The van der Waals surface area contributed by atoms with E-state index in [1.807, 2.05) is 83.5 Å². The van der Waals surface area contributed by atoms with Gasteiger partial charge in [-0.1, -0.05) is 42.5 Å². The van der Waals surface area contributed by atoms with Crippen LogP contribution in [0.4, 0.5) is 5.69 Å². The van der Waals surface area contributed by atoms with Gasteiger partial charge in [0.15, 0.2) is 0 Å². The molecular weight excluding hydrogens is 336 g/mol. The number of fused-ring (bicyclic) bond motifs is 2. The van der Waals surface area contributed by atoms with Crippen LogP contribution in [0.5, 0.6) is 0 Å². The number of aromatic amines is 1. The highest BCUT2D eigenvalue weighted by molar-refractivity contribution is 6.13. The molecule has 5 nitrogen and oxygen atoms in total. The van der Waals surface area contributed by atoms with E-state index in [9.17, 15) is 4.79 Å². The third-order valence-electron chi connectivity index (χ3n) is 4.65. The smallest absolute Gasteiger partial charge is 0.257 e. The molecule has 0 radical (unpaired) electrons. The Bertz CT molecular complexity index is 1250. The van der Waals surface area contributed by atoms with Crippen molar-refractivity contribution in [1.29, 1.82) is 0 Å². The zero-order chi connectivity index (χ0) is 18.2. The second kappa shape index (κ2) is 6.14. The number of H-pyrrole nitrogens is 1. The Kier molecular flexibility index (Phi) is 3.50. The summed E-state index contributed by atoms with van der Waals surface area (Å²) in [6.45, 7) is 0. The maximum absolute atomic E-state index is 12.9. The molecule has 130 valence electrons. The average Bonchev–Trinajstić information content (AvgIpc) is 3.32. The minimum atomic E-state index is -0.149. The molecule has 3 aromatic heterocycles. The maximum atomic E-state index is 12.9. The molecule has 0 spiro atoms. The van der Waals surface area contributed by atoms with E-state index in [1.165, 1.54) is 0 Å². The van der Waals surface area contributed by atoms with Crippen LogP contribution in [0.25, 0.3) is 27.8 Å². The molecular formula is C22H16N4O. The Hall–Kier alpha value is -3.86. The minimum absolute atomic E-state index is 0.149. The Morgan fingerprint density at radius 2 is 1.78 bits per heavy atom. The fourth-order valence-electron chi connectivity index (χ4n) is 3.33. The lowest BCUT2D eigenvalue weighted by atomic mass is 10.1. The quantitative estimate of drug-likeness (QED) is 0.493. The normalized spacial score (nSPS) is 11.1. The number of para-hydroxylation sites is 2. The first-order valence-corrected chi connectivity index (χ1v) is 8.70. The van der Waals surface area contributed by atoms with Crippen LogP contribution in [-0.4, -0.2) is 20.3 Å². The Morgan fingerprint density at radius 3 is 2.70 bits per heavy atom. The van der Waals surface area contributed by atoms with Gasteiger partial charge in [-0.2, -0.15) is 0 Å². The lowest BCUT2D eigenvalue weighted by molar-refractivity contribution is 0.102. The van der Waals surface area contributed by atoms with E-state index in [1.54, 1.807) is 6.20 Å². The number of amides is 1. The fraction of sp³-hybridized carbons (Fsp3) is 0. The standard InChI is InChI=1S/C22H16N4O/c27-22(17-13-23-18-9-3-1-7-15(17)18)25-19-10-4-2-8-16(19)20-14-26-12-6-5-11-21(26)24-20/h1-14,23H,(H,25,27). The summed E-state index contributed by atoms with van der Waals surface area (Å²) in [6.07, 6.45) is 5.67. The summed E-state index contributed by atoms with van der Waals surface area (Å²) in [5.41, 5.74) is 4.86. The molecule has 0 bridgehead atoms. The minimum Gasteiger partial charge on any atom is -0.360 e. The molecule has 0 aliphatic carbocycles. The Morgan fingerprint density at radius 1 is 0.963 bits per heavy atom. The number of carbonyl (C=O) groups is 1. The van der Waals surface area contributed by atoms with E-state index in [0.29, 0.717) is 5.56 Å². The molecule has 5 aromatic rings. The van der Waals surface area contributed by atoms with Gasteiger partial charge in [0, 0.05) is 35.1 Å². The number of nitrogens with zero attached hydrogens (tertiary/aromatic N) is 2. The number of aromatic nitrogens is 3. The van der Waals surface area contributed by atoms with Crippen LogP contribution in [-0.2, 0) is 0 Å². The molecule has 2 aromatic carbocycles. The number of hydrogen-bond acceptors (Lipinski definition) is 2. The van der Waals surface area contributed by atoms with E-state index in [0.717, 1.165) is 33.5 Å². The summed E-state index contributed by atoms with van der Waals surface area (Å²) < 4.78 is 1.97. The third kappa shape index (κ3) is 2.66. The average molecular weight is 352 g/mol. The van der Waals surface area contributed by atoms with Crippen LogP contribution < -0.4 is 5.32 Å². The first-order chi connectivity index (χ1) is 13.3. The molecule has 0 saturated heterocycles. The highest BCUT2D eigenvalue weighted by Gasteiger charge is 2.15. The predicted octanol–water partition coefficient (Wildman–Crippen LogP) is 4.73. The second-order valence-electron chi connectivity index (χ2n) is 6.34. The first-order valence-electron chi connectivity index (χ1n) is 8.70. The van der Waals surface area contributed by atoms with Crippen LogP contribution >= 0.6 is 0 Å². The summed E-state index contributed by atoms with van der Waals surface area (Å²) in [4.78, 5) is 20.7. The van der Waals surface area contributed by atoms with Gasteiger partial charge in [0.1, 0.15) is 5.65 Å². The summed E-state index contributed by atoms with van der Waals surface area (Å²) in [7, 11) is 0. The van der Waals surface area contributed by atoms with Crippen molar-refractivity contribution < 1.29 is 4.79 Å². The molecule has 5 rings (SSSR count). The molecule has 1 amide bonds. The fourth-order valence-corrected chi connectivity index (χ4v) is 3.33. The zero-order valence-electron chi connectivity index (χ0n) is 14.4. The topological polar surface area (TPSA) is 62.2 Å². The lowest BCUT2D eigenvalue weighted by Crippen LogP contribution is -2.12. The largest absolute Gasteiger partial charge is 0.360 e. The molecule has 5 heteroatoms. The van der Waals surface area contributed by atoms with Gasteiger partial charge in [-0.25, -0.2) is 4.98 Å². The number of anilines is 1. The number of rotatable bonds is 3. The number of nitrogens with one attached hydrogen (secondary N) is 2. The summed E-state index contributed by atoms with van der Waals surface area (Å²) in [5, 5.41) is 3.94. The van der Waals surface area contributed by atoms with Crippen molar-refractivity contribution >= 4 is 28.1 Å². The van der Waals surface area contributed by atoms with Gasteiger partial charge >= 0.3 is 0 Å². The number of imidazole rings is 1. The highest BCUT2D eigenvalue weighted by Crippen LogP contribution is 2.28. The van der Waals surface area contributed by atoms with Crippen LogP contribution in [0, 0.1) is 0 Å². The van der Waals surface area contributed by atoms with Crippen molar-refractivity contribution in [1.82, 2.24) is 14.4 Å². The molecule has 27 heavy (non-hydrogen) atoms. The van der Waals surface area contributed by atoms with Crippen molar-refractivity contribution in [3.63, 3.8) is 0 Å². The molecule has 3 heterocycles. The van der Waals surface area contributed by atoms with Crippen molar-refractivity contribution in [2.75, 3.05) is 5.32 Å². The van der Waals surface area contributed by atoms with Crippen LogP contribution in [0.2, 0.25) is 0 Å². The number of carbonyl (C=O) groups excluding carboxylic acids is 1. The molecule has 2 N–H and O–H groups in total. The van der Waals surface area contributed by atoms with Crippen molar-refractivity contribution in [2.45, 2.75) is 0 Å². The first kappa shape index (κ1) is 15.4. The zero-order valence-corrected chi connectivity index (χ0v) is 14.4. The summed E-state index contributed by atoms with van der Waals surface area (Å²) in [6, 6.07) is 21.3. The molecule has 0 atom stereocenters. The number of benzene rings is 2. The van der Waals surface area contributed by atoms with E-state index in [-0.39, 0.29) is 5.91 Å². The number of hydrogen-bond donors (Lipinski definition) is 2. The monoisotopic (exact) mass is 352 g/mol. The lowest BCUT2D eigenvalue weighted by Gasteiger charge is -2.09. The van der Waals surface area contributed by atoms with Crippen molar-refractivity contribution in [3.05, 3.63) is 90.9 Å². The summed E-state index contributed by atoms with van der Waals surface area (Å²) in [5.74, 6) is -0.149. The van der Waals surface area contributed by atoms with Crippen LogP contribution in [0.1, 0.15) is 10.4 Å². The molecule has 0 unspecified atom stereocenters. The van der Waals surface area contributed by atoms with Crippen LogP contribution in [0.3, 0.4) is 0 Å². The van der Waals surface area contributed by atoms with Gasteiger partial charge in [-0.15, -0.1) is 0 Å². The van der Waals surface area contributed by atoms with E-state index in [2.05, 4.69) is 15.3 Å². The van der Waals surface area contributed by atoms with Gasteiger partial charge in [0.25, 0.3) is 5.91 Å². The summed E-state index contributed by atoms with van der Waals surface area (Å²) >= 11 is 0. The van der Waals surface area contributed by atoms with Gasteiger partial charge in [-0.05, 0) is 24.3 Å². The van der Waals surface area contributed by atoms with Gasteiger partial charge < -0.3 is 14.7 Å². The molecule has 0 aliphatic heterocycles. The van der Waals surface area contributed by atoms with Crippen molar-refractivity contribution in [3.8, 4) is 11.3 Å². The van der Waals surface area contributed by atoms with Gasteiger partial charge in [-0.3, -0.25) is 4.79 Å². The predicted molar refractivity (Wildman–Crippen MR) is 107 cm³/mol. The van der Waals surface area contributed by atoms with E-state index in [4.69, 9.17) is 0 Å². The maximum Gasteiger partial charge on any atom is 0.257 e. The third-order valence-corrected chi connectivity index (χ3v) is 4.65. The van der Waals surface area contributed by atoms with E-state index >= 15 is 0 Å². The van der Waals surface area contributed by atoms with Crippen LogP contribution in [0.15, 0.2) is 85.3 Å².